The van der Waals surface area contributed by atoms with Gasteiger partial charge in [0.05, 0.1) is 25.2 Å². The molecule has 1 aromatic heterocycles. The van der Waals surface area contributed by atoms with E-state index in [9.17, 15) is 10.1 Å². The second-order valence-corrected chi connectivity index (χ2v) is 6.07. The molecule has 0 saturated carbocycles. The number of esters is 1. The number of rotatable bonds is 7. The minimum Gasteiger partial charge on any atom is -0.489 e. The summed E-state index contributed by atoms with van der Waals surface area (Å²) in [5, 5.41) is 9.42. The average molecular weight is 377 g/mol. The van der Waals surface area contributed by atoms with Gasteiger partial charge in [0, 0.05) is 17.2 Å². The van der Waals surface area contributed by atoms with Crippen LogP contribution in [0.15, 0.2) is 65.5 Å². The van der Waals surface area contributed by atoms with Crippen molar-refractivity contribution in [3.05, 3.63) is 83.3 Å². The monoisotopic (exact) mass is 377 g/mol. The highest BCUT2D eigenvalue weighted by atomic mass is 16.6. The first kappa shape index (κ1) is 19.1. The molecule has 142 valence electrons. The lowest BCUT2D eigenvalue weighted by molar-refractivity contribution is -0.149. The second-order valence-electron chi connectivity index (χ2n) is 6.07. The van der Waals surface area contributed by atoms with E-state index in [2.05, 4.69) is 6.07 Å². The molecule has 0 aliphatic carbocycles. The molecule has 0 amide bonds. The molecule has 3 rings (SSSR count). The lowest BCUT2D eigenvalue weighted by atomic mass is 10.0. The van der Waals surface area contributed by atoms with E-state index in [-0.39, 0.29) is 11.3 Å². The van der Waals surface area contributed by atoms with Crippen molar-refractivity contribution in [2.45, 2.75) is 19.6 Å². The Morgan fingerprint density at radius 3 is 2.71 bits per heavy atom. The summed E-state index contributed by atoms with van der Waals surface area (Å²) in [4.78, 5) is 12.4. The van der Waals surface area contributed by atoms with E-state index in [0.717, 1.165) is 11.1 Å². The summed E-state index contributed by atoms with van der Waals surface area (Å²) in [5.41, 5.74) is 2.71. The van der Waals surface area contributed by atoms with Crippen LogP contribution in [0.25, 0.3) is 0 Å². The third kappa shape index (κ3) is 4.33. The van der Waals surface area contributed by atoms with Gasteiger partial charge in [0.2, 0.25) is 6.10 Å². The molecule has 1 atom stereocenters. The van der Waals surface area contributed by atoms with Gasteiger partial charge in [-0.3, -0.25) is 0 Å². The first-order valence-electron chi connectivity index (χ1n) is 8.60. The summed E-state index contributed by atoms with van der Waals surface area (Å²) in [7, 11) is 1.30. The molecule has 2 aromatic carbocycles. The van der Waals surface area contributed by atoms with Crippen LogP contribution in [-0.2, 0) is 16.1 Å². The third-order valence-corrected chi connectivity index (χ3v) is 4.19. The van der Waals surface area contributed by atoms with Gasteiger partial charge in [0.15, 0.2) is 0 Å². The van der Waals surface area contributed by atoms with Crippen molar-refractivity contribution in [3.63, 3.8) is 0 Å². The van der Waals surface area contributed by atoms with Crippen molar-refractivity contribution in [2.75, 3.05) is 7.11 Å². The molecule has 0 aliphatic heterocycles. The normalized spacial score (nSPS) is 11.3. The van der Waals surface area contributed by atoms with E-state index in [0.29, 0.717) is 17.9 Å². The first-order valence-corrected chi connectivity index (χ1v) is 8.60. The molecule has 6 nitrogen and oxygen atoms in total. The molecule has 28 heavy (non-hydrogen) atoms. The molecular formula is C22H19NO5. The van der Waals surface area contributed by atoms with E-state index >= 15 is 0 Å². The predicted octanol–water partition coefficient (Wildman–Crippen LogP) is 4.33. The Bertz CT molecular complexity index is 988. The lowest BCUT2D eigenvalue weighted by Crippen LogP contribution is -2.21. The molecule has 0 aliphatic rings. The highest BCUT2D eigenvalue weighted by Crippen LogP contribution is 2.31. The Balaban J connectivity index is 1.89. The molecule has 0 N–H and O–H groups in total. The van der Waals surface area contributed by atoms with E-state index in [1.165, 1.54) is 7.11 Å². The van der Waals surface area contributed by atoms with Gasteiger partial charge < -0.3 is 18.6 Å². The standard InChI is InChI=1S/C22H19NO5/c1-15-5-3-4-6-19(15)21(22(24)25-2)28-20-11-18(8-7-17(20)12-23)27-14-16-9-10-26-13-16/h3-11,13,21H,14H2,1-2H3. The number of hydrogen-bond donors (Lipinski definition) is 0. The summed E-state index contributed by atoms with van der Waals surface area (Å²) < 4.78 is 21.6. The summed E-state index contributed by atoms with van der Waals surface area (Å²) in [6, 6.07) is 16.1. The van der Waals surface area contributed by atoms with Crippen molar-refractivity contribution in [3.8, 4) is 17.6 Å². The molecule has 0 radical (unpaired) electrons. The van der Waals surface area contributed by atoms with Crippen LogP contribution in [0.5, 0.6) is 11.5 Å². The number of methoxy groups -OCH3 is 1. The van der Waals surface area contributed by atoms with Crippen molar-refractivity contribution >= 4 is 5.97 Å². The molecule has 0 saturated heterocycles. The fourth-order valence-corrected chi connectivity index (χ4v) is 2.68. The molecule has 6 heteroatoms. The average Bonchev–Trinajstić information content (AvgIpc) is 3.24. The Morgan fingerprint density at radius 2 is 2.04 bits per heavy atom. The maximum absolute atomic E-state index is 12.4. The van der Waals surface area contributed by atoms with E-state index in [1.807, 2.05) is 25.1 Å². The Hall–Kier alpha value is -3.72. The molecule has 1 unspecified atom stereocenters. The van der Waals surface area contributed by atoms with Crippen LogP contribution in [0, 0.1) is 18.3 Å². The van der Waals surface area contributed by atoms with Gasteiger partial charge in [-0.1, -0.05) is 24.3 Å². The number of carbonyl (C=O) groups excluding carboxylic acids is 1. The largest absolute Gasteiger partial charge is 0.489 e. The van der Waals surface area contributed by atoms with Crippen LogP contribution in [0.1, 0.15) is 28.4 Å². The maximum atomic E-state index is 12.4. The van der Waals surface area contributed by atoms with Crippen molar-refractivity contribution < 1.29 is 23.4 Å². The SMILES string of the molecule is COC(=O)C(Oc1cc(OCc2ccoc2)ccc1C#N)c1ccccc1C. The van der Waals surface area contributed by atoms with Gasteiger partial charge in [0.1, 0.15) is 24.2 Å². The fourth-order valence-electron chi connectivity index (χ4n) is 2.68. The van der Waals surface area contributed by atoms with E-state index in [4.69, 9.17) is 18.6 Å². The number of hydrogen-bond acceptors (Lipinski definition) is 6. The summed E-state index contributed by atoms with van der Waals surface area (Å²) in [6.07, 6.45) is 2.16. The van der Waals surface area contributed by atoms with Crippen LogP contribution >= 0.6 is 0 Å². The predicted molar refractivity (Wildman–Crippen MR) is 101 cm³/mol. The summed E-state index contributed by atoms with van der Waals surface area (Å²) in [5.74, 6) is 0.192. The highest BCUT2D eigenvalue weighted by Gasteiger charge is 2.26. The van der Waals surface area contributed by atoms with E-state index < -0.39 is 12.1 Å². The Labute approximate surface area is 162 Å². The number of ether oxygens (including phenoxy) is 3. The number of furan rings is 1. The van der Waals surface area contributed by atoms with Crippen LogP contribution < -0.4 is 9.47 Å². The van der Waals surface area contributed by atoms with Gasteiger partial charge in [0.25, 0.3) is 0 Å². The molecule has 0 bridgehead atoms. The van der Waals surface area contributed by atoms with E-state index in [1.54, 1.807) is 42.9 Å². The molecule has 3 aromatic rings. The van der Waals surface area contributed by atoms with Gasteiger partial charge in [-0.2, -0.15) is 5.26 Å². The number of aryl methyl sites for hydroxylation is 1. The smallest absolute Gasteiger partial charge is 0.351 e. The van der Waals surface area contributed by atoms with Gasteiger partial charge in [-0.15, -0.1) is 0 Å². The zero-order valence-electron chi connectivity index (χ0n) is 15.5. The maximum Gasteiger partial charge on any atom is 0.351 e. The lowest BCUT2D eigenvalue weighted by Gasteiger charge is -2.20. The topological polar surface area (TPSA) is 81.7 Å². The van der Waals surface area contributed by atoms with Crippen molar-refractivity contribution in [1.82, 2.24) is 0 Å². The number of carbonyl (C=O) groups is 1. The van der Waals surface area contributed by atoms with Crippen LogP contribution in [0.2, 0.25) is 0 Å². The second kappa shape index (κ2) is 8.78. The number of nitrogens with zero attached hydrogens (tertiary/aromatic N) is 1. The Morgan fingerprint density at radius 1 is 1.21 bits per heavy atom. The van der Waals surface area contributed by atoms with Crippen LogP contribution in [0.3, 0.4) is 0 Å². The highest BCUT2D eigenvalue weighted by molar-refractivity contribution is 5.77. The molecule has 0 fully saturated rings. The van der Waals surface area contributed by atoms with Crippen LogP contribution in [0.4, 0.5) is 0 Å². The first-order chi connectivity index (χ1) is 13.6. The Kier molecular flexibility index (Phi) is 5.97. The third-order valence-electron chi connectivity index (χ3n) is 4.19. The summed E-state index contributed by atoms with van der Waals surface area (Å²) in [6.45, 7) is 2.18. The quantitative estimate of drug-likeness (QED) is 0.570. The zero-order valence-corrected chi connectivity index (χ0v) is 15.5. The molecular weight excluding hydrogens is 358 g/mol. The number of nitriles is 1. The minimum atomic E-state index is -0.998. The minimum absolute atomic E-state index is 0.242. The van der Waals surface area contributed by atoms with Crippen LogP contribution in [-0.4, -0.2) is 13.1 Å². The number of benzene rings is 2. The summed E-state index contributed by atoms with van der Waals surface area (Å²) >= 11 is 0. The fraction of sp³-hybridized carbons (Fsp3) is 0.182. The van der Waals surface area contributed by atoms with Gasteiger partial charge >= 0.3 is 5.97 Å². The molecule has 1 heterocycles. The van der Waals surface area contributed by atoms with Gasteiger partial charge in [-0.25, -0.2) is 4.79 Å². The van der Waals surface area contributed by atoms with Crippen molar-refractivity contribution in [1.29, 1.82) is 5.26 Å². The van der Waals surface area contributed by atoms with Gasteiger partial charge in [-0.05, 0) is 30.7 Å². The molecule has 0 spiro atoms. The zero-order chi connectivity index (χ0) is 19.9. The van der Waals surface area contributed by atoms with Crippen molar-refractivity contribution in [2.24, 2.45) is 0 Å².